The van der Waals surface area contributed by atoms with Crippen LogP contribution in [0.15, 0.2) is 30.3 Å². The third kappa shape index (κ3) is 3.63. The van der Waals surface area contributed by atoms with E-state index < -0.39 is 0 Å². The molecule has 0 spiro atoms. The Morgan fingerprint density at radius 3 is 2.57 bits per heavy atom. The standard InChI is InChI=1S/C19H25NO3/c1-14-13-18(21)20(19(14)22)16-9-5-6-10-17(16)23-12-11-15-7-3-2-4-8-15/h2-4,7-8,14,16-17H,5-6,9-13H2,1H3/t14-,16-,17+/m0/s1. The number of carbonyl (C=O) groups is 2. The van der Waals surface area contributed by atoms with Gasteiger partial charge in [-0.15, -0.1) is 0 Å². The summed E-state index contributed by atoms with van der Waals surface area (Å²) in [6.07, 6.45) is 5.19. The summed E-state index contributed by atoms with van der Waals surface area (Å²) >= 11 is 0. The zero-order valence-electron chi connectivity index (χ0n) is 13.7. The zero-order valence-corrected chi connectivity index (χ0v) is 13.7. The second-order valence-corrected chi connectivity index (χ2v) is 6.70. The fourth-order valence-corrected chi connectivity index (χ4v) is 3.70. The Balaban J connectivity index is 1.60. The van der Waals surface area contributed by atoms with Gasteiger partial charge in [0, 0.05) is 12.3 Å². The van der Waals surface area contributed by atoms with E-state index in [0.717, 1.165) is 32.1 Å². The van der Waals surface area contributed by atoms with E-state index in [1.54, 1.807) is 0 Å². The molecule has 0 aromatic heterocycles. The highest BCUT2D eigenvalue weighted by molar-refractivity contribution is 6.03. The number of carbonyl (C=O) groups excluding carboxylic acids is 2. The molecule has 2 amide bonds. The Labute approximate surface area is 137 Å². The first-order valence-corrected chi connectivity index (χ1v) is 8.68. The monoisotopic (exact) mass is 315 g/mol. The Hall–Kier alpha value is -1.68. The second-order valence-electron chi connectivity index (χ2n) is 6.70. The van der Waals surface area contributed by atoms with Crippen LogP contribution in [0.2, 0.25) is 0 Å². The first kappa shape index (κ1) is 16.2. The van der Waals surface area contributed by atoms with Crippen LogP contribution in [0.25, 0.3) is 0 Å². The van der Waals surface area contributed by atoms with Crippen molar-refractivity contribution < 1.29 is 14.3 Å². The van der Waals surface area contributed by atoms with Crippen LogP contribution in [-0.4, -0.2) is 35.5 Å². The summed E-state index contributed by atoms with van der Waals surface area (Å²) in [7, 11) is 0. The summed E-state index contributed by atoms with van der Waals surface area (Å²) < 4.78 is 6.10. The van der Waals surface area contributed by atoms with Gasteiger partial charge in [-0.05, 0) is 24.8 Å². The number of imide groups is 1. The molecule has 23 heavy (non-hydrogen) atoms. The van der Waals surface area contributed by atoms with Gasteiger partial charge in [-0.2, -0.15) is 0 Å². The number of benzene rings is 1. The minimum atomic E-state index is -0.172. The molecule has 0 unspecified atom stereocenters. The van der Waals surface area contributed by atoms with Crippen molar-refractivity contribution in [2.45, 2.75) is 57.6 Å². The van der Waals surface area contributed by atoms with Crippen molar-refractivity contribution in [3.05, 3.63) is 35.9 Å². The van der Waals surface area contributed by atoms with Gasteiger partial charge in [-0.3, -0.25) is 14.5 Å². The molecule has 2 aliphatic rings. The number of amides is 2. The molecule has 3 atom stereocenters. The lowest BCUT2D eigenvalue weighted by molar-refractivity contribution is -0.147. The van der Waals surface area contributed by atoms with Gasteiger partial charge >= 0.3 is 0 Å². The van der Waals surface area contributed by atoms with Crippen LogP contribution in [-0.2, 0) is 20.7 Å². The number of rotatable bonds is 5. The summed E-state index contributed by atoms with van der Waals surface area (Å²) in [6, 6.07) is 10.2. The second kappa shape index (κ2) is 7.26. The number of nitrogens with zero attached hydrogens (tertiary/aromatic N) is 1. The molecule has 0 N–H and O–H groups in total. The van der Waals surface area contributed by atoms with Crippen LogP contribution in [0.1, 0.15) is 44.6 Å². The van der Waals surface area contributed by atoms with Crippen LogP contribution in [0.5, 0.6) is 0 Å². The first-order valence-electron chi connectivity index (χ1n) is 8.68. The summed E-state index contributed by atoms with van der Waals surface area (Å²) in [5.41, 5.74) is 1.25. The zero-order chi connectivity index (χ0) is 16.2. The lowest BCUT2D eigenvalue weighted by Gasteiger charge is -2.36. The predicted octanol–water partition coefficient (Wildman–Crippen LogP) is 2.95. The molecule has 3 rings (SSSR count). The van der Waals surface area contributed by atoms with Crippen molar-refractivity contribution in [2.24, 2.45) is 5.92 Å². The van der Waals surface area contributed by atoms with E-state index in [4.69, 9.17) is 4.74 Å². The third-order valence-corrected chi connectivity index (χ3v) is 4.97. The highest BCUT2D eigenvalue weighted by Gasteiger charge is 2.43. The minimum absolute atomic E-state index is 0.00865. The van der Waals surface area contributed by atoms with Crippen LogP contribution >= 0.6 is 0 Å². The van der Waals surface area contributed by atoms with Gasteiger partial charge in [-0.25, -0.2) is 0 Å². The average molecular weight is 315 g/mol. The molecule has 1 aliphatic heterocycles. The van der Waals surface area contributed by atoms with Gasteiger partial charge in [-0.1, -0.05) is 50.1 Å². The highest BCUT2D eigenvalue weighted by atomic mass is 16.5. The minimum Gasteiger partial charge on any atom is -0.376 e. The van der Waals surface area contributed by atoms with E-state index in [0.29, 0.717) is 13.0 Å². The Bertz CT molecular complexity index is 557. The first-order chi connectivity index (χ1) is 11.2. The van der Waals surface area contributed by atoms with Gasteiger partial charge in [0.15, 0.2) is 0 Å². The van der Waals surface area contributed by atoms with E-state index in [-0.39, 0.29) is 29.9 Å². The molecule has 1 heterocycles. The summed E-state index contributed by atoms with van der Waals surface area (Å²) in [5.74, 6) is -0.209. The highest BCUT2D eigenvalue weighted by Crippen LogP contribution is 2.31. The molecule has 124 valence electrons. The van der Waals surface area contributed by atoms with Crippen molar-refractivity contribution in [3.63, 3.8) is 0 Å². The maximum Gasteiger partial charge on any atom is 0.232 e. The molecule has 1 aromatic carbocycles. The summed E-state index contributed by atoms with van der Waals surface area (Å²) in [5, 5.41) is 0. The van der Waals surface area contributed by atoms with E-state index in [1.165, 1.54) is 10.5 Å². The van der Waals surface area contributed by atoms with Crippen LogP contribution in [0, 0.1) is 5.92 Å². The summed E-state index contributed by atoms with van der Waals surface area (Å²) in [6.45, 7) is 2.48. The van der Waals surface area contributed by atoms with Gasteiger partial charge in [0.2, 0.25) is 11.8 Å². The predicted molar refractivity (Wildman–Crippen MR) is 87.8 cm³/mol. The lowest BCUT2D eigenvalue weighted by atomic mass is 9.91. The van der Waals surface area contributed by atoms with E-state index in [9.17, 15) is 9.59 Å². The molecular weight excluding hydrogens is 290 g/mol. The van der Waals surface area contributed by atoms with Crippen LogP contribution < -0.4 is 0 Å². The molecule has 1 saturated heterocycles. The normalized spacial score (nSPS) is 28.4. The van der Waals surface area contributed by atoms with Crippen molar-refractivity contribution in [1.29, 1.82) is 0 Å². The van der Waals surface area contributed by atoms with Gasteiger partial charge in [0.25, 0.3) is 0 Å². The fraction of sp³-hybridized carbons (Fsp3) is 0.579. The third-order valence-electron chi connectivity index (χ3n) is 4.97. The fourth-order valence-electron chi connectivity index (χ4n) is 3.70. The number of hydrogen-bond acceptors (Lipinski definition) is 3. The van der Waals surface area contributed by atoms with Gasteiger partial charge in [0.05, 0.1) is 18.8 Å². The van der Waals surface area contributed by atoms with E-state index in [2.05, 4.69) is 12.1 Å². The topological polar surface area (TPSA) is 46.6 Å². The van der Waals surface area contributed by atoms with Crippen molar-refractivity contribution in [1.82, 2.24) is 4.90 Å². The SMILES string of the molecule is C[C@H]1CC(=O)N([C@H]2CCCC[C@H]2OCCc2ccccc2)C1=O. The van der Waals surface area contributed by atoms with Crippen molar-refractivity contribution in [3.8, 4) is 0 Å². The van der Waals surface area contributed by atoms with Crippen LogP contribution in [0.4, 0.5) is 0 Å². The molecule has 1 saturated carbocycles. The molecule has 4 heteroatoms. The molecule has 1 aliphatic carbocycles. The molecular formula is C19H25NO3. The lowest BCUT2D eigenvalue weighted by Crippen LogP contribution is -2.49. The molecule has 2 fully saturated rings. The molecule has 0 radical (unpaired) electrons. The molecule has 0 bridgehead atoms. The number of ether oxygens (including phenoxy) is 1. The molecule has 4 nitrogen and oxygen atoms in total. The van der Waals surface area contributed by atoms with Crippen molar-refractivity contribution in [2.75, 3.05) is 6.61 Å². The van der Waals surface area contributed by atoms with Gasteiger partial charge in [0.1, 0.15) is 0 Å². The largest absolute Gasteiger partial charge is 0.376 e. The van der Waals surface area contributed by atoms with Gasteiger partial charge < -0.3 is 4.74 Å². The molecule has 1 aromatic rings. The van der Waals surface area contributed by atoms with Crippen molar-refractivity contribution >= 4 is 11.8 Å². The maximum atomic E-state index is 12.3. The quantitative estimate of drug-likeness (QED) is 0.785. The van der Waals surface area contributed by atoms with E-state index in [1.807, 2.05) is 25.1 Å². The Kier molecular flexibility index (Phi) is 5.11. The Morgan fingerprint density at radius 2 is 1.87 bits per heavy atom. The number of likely N-dealkylation sites (tertiary alicyclic amines) is 1. The van der Waals surface area contributed by atoms with Crippen LogP contribution in [0.3, 0.4) is 0 Å². The summed E-state index contributed by atoms with van der Waals surface area (Å²) in [4.78, 5) is 26.0. The maximum absolute atomic E-state index is 12.3. The average Bonchev–Trinajstić information content (AvgIpc) is 2.82. The van der Waals surface area contributed by atoms with E-state index >= 15 is 0 Å². The smallest absolute Gasteiger partial charge is 0.232 e. The Morgan fingerprint density at radius 1 is 1.13 bits per heavy atom. The number of hydrogen-bond donors (Lipinski definition) is 0.